The second-order valence-corrected chi connectivity index (χ2v) is 6.94. The van der Waals surface area contributed by atoms with Crippen LogP contribution in [0.3, 0.4) is 0 Å². The Balaban J connectivity index is 1.72. The average molecular weight is 388 g/mol. The number of carbonyl (C=O) groups is 1. The maximum absolute atomic E-state index is 11.1. The normalized spacial score (nSPS) is 15.3. The number of carboxylic acids is 1. The van der Waals surface area contributed by atoms with E-state index in [9.17, 15) is 4.79 Å². The summed E-state index contributed by atoms with van der Waals surface area (Å²) in [4.78, 5) is 13.2. The van der Waals surface area contributed by atoms with Gasteiger partial charge in [-0.1, -0.05) is 18.2 Å². The molecule has 6 heteroatoms. The molecule has 3 N–H and O–H groups in total. The number of hydrogen-bond donors (Lipinski definition) is 2. The summed E-state index contributed by atoms with van der Waals surface area (Å²) in [5.41, 5.74) is 7.47. The molecule has 0 amide bonds. The first-order valence-corrected chi connectivity index (χ1v) is 9.11. The van der Waals surface area contributed by atoms with E-state index in [0.29, 0.717) is 11.3 Å². The largest absolute Gasteiger partial charge is 0.477 e. The summed E-state index contributed by atoms with van der Waals surface area (Å²) < 4.78 is 5.36. The minimum atomic E-state index is -1.26. The van der Waals surface area contributed by atoms with Crippen LogP contribution in [0, 0.1) is 11.3 Å². The molecule has 1 aromatic carbocycles. The number of aliphatic carboxylic acids is 1. The van der Waals surface area contributed by atoms with Crippen LogP contribution in [0.5, 0.6) is 0 Å². The van der Waals surface area contributed by atoms with Gasteiger partial charge in [-0.2, -0.15) is 5.26 Å². The molecule has 0 saturated carbocycles. The van der Waals surface area contributed by atoms with E-state index >= 15 is 0 Å². The molecule has 1 aliphatic heterocycles. The predicted octanol–water partition coefficient (Wildman–Crippen LogP) is 4.85. The standard InChI is InChI=1S/C22H16N2O3S/c23-14-21(22(25)26)16-11-12-27-18(13-16)6-8-20-10-9-19(28-20)7-3-15-1-4-17(24)5-2-15/h1-13H,24H2,(H,25,26)/b7-3+,8-6+,21-16-. The predicted molar refractivity (Wildman–Crippen MR) is 112 cm³/mol. The van der Waals surface area contributed by atoms with Crippen molar-refractivity contribution in [3.05, 3.63) is 93.1 Å². The first kappa shape index (κ1) is 19.0. The van der Waals surface area contributed by atoms with E-state index in [1.165, 1.54) is 18.4 Å². The summed E-state index contributed by atoms with van der Waals surface area (Å²) in [5, 5.41) is 18.0. The Morgan fingerprint density at radius 2 is 1.75 bits per heavy atom. The van der Waals surface area contributed by atoms with E-state index in [2.05, 4.69) is 0 Å². The molecule has 1 aromatic heterocycles. The molecule has 0 atom stereocenters. The molecule has 138 valence electrons. The van der Waals surface area contributed by atoms with Crippen molar-refractivity contribution in [2.24, 2.45) is 0 Å². The van der Waals surface area contributed by atoms with Gasteiger partial charge in [-0.25, -0.2) is 4.79 Å². The molecule has 5 nitrogen and oxygen atoms in total. The Morgan fingerprint density at radius 3 is 2.39 bits per heavy atom. The number of thiophene rings is 1. The lowest BCUT2D eigenvalue weighted by Crippen LogP contribution is -2.02. The average Bonchev–Trinajstić information content (AvgIpc) is 3.14. The molecule has 0 saturated heterocycles. The number of nitrogens with two attached hydrogens (primary N) is 1. The molecule has 2 aromatic rings. The summed E-state index contributed by atoms with van der Waals surface area (Å²) in [6.45, 7) is 0. The van der Waals surface area contributed by atoms with Crippen LogP contribution in [-0.2, 0) is 9.53 Å². The third kappa shape index (κ3) is 4.87. The molecule has 0 radical (unpaired) electrons. The number of hydrogen-bond acceptors (Lipinski definition) is 5. The highest BCUT2D eigenvalue weighted by Crippen LogP contribution is 2.23. The monoisotopic (exact) mass is 388 g/mol. The second kappa shape index (κ2) is 8.71. The van der Waals surface area contributed by atoms with Gasteiger partial charge in [0.25, 0.3) is 0 Å². The van der Waals surface area contributed by atoms with Crippen LogP contribution >= 0.6 is 11.3 Å². The van der Waals surface area contributed by atoms with Crippen molar-refractivity contribution in [2.45, 2.75) is 0 Å². The molecule has 0 spiro atoms. The van der Waals surface area contributed by atoms with Gasteiger partial charge in [0.15, 0.2) is 0 Å². The van der Waals surface area contributed by atoms with Gasteiger partial charge < -0.3 is 15.6 Å². The fourth-order valence-corrected chi connectivity index (χ4v) is 3.21. The molecule has 1 aliphatic rings. The number of benzene rings is 1. The number of nitrogen functional groups attached to an aromatic ring is 1. The van der Waals surface area contributed by atoms with Crippen LogP contribution in [0.4, 0.5) is 5.69 Å². The lowest BCUT2D eigenvalue weighted by molar-refractivity contribution is -0.132. The van der Waals surface area contributed by atoms with Crippen LogP contribution in [0.2, 0.25) is 0 Å². The van der Waals surface area contributed by atoms with Crippen LogP contribution in [-0.4, -0.2) is 11.1 Å². The highest BCUT2D eigenvalue weighted by atomic mass is 32.1. The van der Waals surface area contributed by atoms with Gasteiger partial charge in [-0.3, -0.25) is 0 Å². The van der Waals surface area contributed by atoms with Crippen molar-refractivity contribution in [1.29, 1.82) is 5.26 Å². The van der Waals surface area contributed by atoms with Gasteiger partial charge in [0.05, 0.1) is 6.26 Å². The van der Waals surface area contributed by atoms with Crippen LogP contribution < -0.4 is 5.73 Å². The van der Waals surface area contributed by atoms with Gasteiger partial charge in [-0.15, -0.1) is 11.3 Å². The van der Waals surface area contributed by atoms with Crippen LogP contribution in [0.25, 0.3) is 18.2 Å². The van der Waals surface area contributed by atoms with E-state index < -0.39 is 5.97 Å². The molecule has 0 bridgehead atoms. The van der Waals surface area contributed by atoms with Gasteiger partial charge in [-0.05, 0) is 60.2 Å². The Bertz CT molecular complexity index is 1080. The topological polar surface area (TPSA) is 96.3 Å². The second-order valence-electron chi connectivity index (χ2n) is 5.79. The molecule has 0 fully saturated rings. The molecule has 28 heavy (non-hydrogen) atoms. The SMILES string of the molecule is N#C/C(C(=O)O)=C1\C=COC(/C=C/c2ccc(/C=C/c3ccc(N)cc3)s2)=C1. The number of anilines is 1. The number of ether oxygens (including phenoxy) is 1. The fourth-order valence-electron chi connectivity index (χ4n) is 2.40. The fraction of sp³-hybridized carbons (Fsp3) is 0. The van der Waals surface area contributed by atoms with E-state index in [1.807, 2.05) is 54.6 Å². The highest BCUT2D eigenvalue weighted by Gasteiger charge is 2.13. The summed E-state index contributed by atoms with van der Waals surface area (Å²) in [7, 11) is 0. The molecule has 3 rings (SSSR count). The van der Waals surface area contributed by atoms with Crippen molar-refractivity contribution < 1.29 is 14.6 Å². The van der Waals surface area contributed by atoms with E-state index in [1.54, 1.807) is 23.5 Å². The van der Waals surface area contributed by atoms with Crippen molar-refractivity contribution in [3.8, 4) is 6.07 Å². The zero-order valence-corrected chi connectivity index (χ0v) is 15.5. The minimum absolute atomic E-state index is 0.305. The lowest BCUT2D eigenvalue weighted by atomic mass is 10.1. The van der Waals surface area contributed by atoms with E-state index in [0.717, 1.165) is 21.0 Å². The molecule has 0 aliphatic carbocycles. The molecule has 0 unspecified atom stereocenters. The van der Waals surface area contributed by atoms with E-state index in [4.69, 9.17) is 20.8 Å². The number of allylic oxidation sites excluding steroid dienone is 4. The summed E-state index contributed by atoms with van der Waals surface area (Å²) >= 11 is 1.60. The lowest BCUT2D eigenvalue weighted by Gasteiger charge is -2.08. The molecular weight excluding hydrogens is 372 g/mol. The third-order valence-electron chi connectivity index (χ3n) is 3.80. The number of rotatable bonds is 5. The zero-order valence-electron chi connectivity index (χ0n) is 14.7. The maximum atomic E-state index is 11.1. The van der Waals surface area contributed by atoms with Crippen molar-refractivity contribution >= 4 is 41.2 Å². The van der Waals surface area contributed by atoms with Crippen LogP contribution in [0.1, 0.15) is 15.3 Å². The molecular formula is C22H16N2O3S. The van der Waals surface area contributed by atoms with Gasteiger partial charge in [0.2, 0.25) is 0 Å². The van der Waals surface area contributed by atoms with Gasteiger partial charge >= 0.3 is 5.97 Å². The number of nitrogens with zero attached hydrogens (tertiary/aromatic N) is 1. The Morgan fingerprint density at radius 1 is 1.07 bits per heavy atom. The number of nitriles is 1. The quantitative estimate of drug-likeness (QED) is 0.434. The maximum Gasteiger partial charge on any atom is 0.347 e. The minimum Gasteiger partial charge on any atom is -0.477 e. The van der Waals surface area contributed by atoms with Gasteiger partial charge in [0, 0.05) is 21.0 Å². The number of carboxylic acid groups (broad SMARTS) is 1. The van der Waals surface area contributed by atoms with Crippen molar-refractivity contribution in [3.63, 3.8) is 0 Å². The van der Waals surface area contributed by atoms with Crippen molar-refractivity contribution in [2.75, 3.05) is 5.73 Å². The molecule has 2 heterocycles. The first-order chi connectivity index (χ1) is 13.5. The Kier molecular flexibility index (Phi) is 5.90. The Labute approximate surface area is 166 Å². The Hall–Kier alpha value is -3.82. The van der Waals surface area contributed by atoms with Crippen molar-refractivity contribution in [1.82, 2.24) is 0 Å². The summed E-state index contributed by atoms with van der Waals surface area (Å²) in [6, 6.07) is 13.3. The third-order valence-corrected chi connectivity index (χ3v) is 4.82. The van der Waals surface area contributed by atoms with Gasteiger partial charge in [0.1, 0.15) is 17.4 Å². The first-order valence-electron chi connectivity index (χ1n) is 8.29. The summed E-state index contributed by atoms with van der Waals surface area (Å²) in [5.74, 6) is -0.807. The highest BCUT2D eigenvalue weighted by molar-refractivity contribution is 7.13. The van der Waals surface area contributed by atoms with Crippen LogP contribution in [0.15, 0.2) is 77.8 Å². The van der Waals surface area contributed by atoms with E-state index in [-0.39, 0.29) is 5.57 Å². The zero-order chi connectivity index (χ0) is 19.9. The smallest absolute Gasteiger partial charge is 0.347 e. The summed E-state index contributed by atoms with van der Waals surface area (Å²) in [6.07, 6.45) is 12.0.